The average Bonchev–Trinajstić information content (AvgIpc) is 3.13. The predicted octanol–water partition coefficient (Wildman–Crippen LogP) is 3.47. The molecule has 0 radical (unpaired) electrons. The molecule has 31 heavy (non-hydrogen) atoms. The van der Waals surface area contributed by atoms with Crippen LogP contribution in [0.4, 0.5) is 10.5 Å². The number of aryl methyl sites for hydroxylation is 1. The van der Waals surface area contributed by atoms with Crippen molar-refractivity contribution in [3.8, 4) is 5.75 Å². The summed E-state index contributed by atoms with van der Waals surface area (Å²) in [4.78, 5) is 43.5. The third-order valence-corrected chi connectivity index (χ3v) is 6.72. The lowest BCUT2D eigenvalue weighted by atomic mass is 9.77. The number of esters is 1. The number of nitrogens with zero attached hydrogens (tertiary/aromatic N) is 2. The van der Waals surface area contributed by atoms with Gasteiger partial charge in [0.05, 0.1) is 30.9 Å². The van der Waals surface area contributed by atoms with Crippen LogP contribution in [0, 0.1) is 18.8 Å². The molecule has 3 heterocycles. The van der Waals surface area contributed by atoms with Crippen molar-refractivity contribution in [2.75, 3.05) is 18.1 Å². The Bertz CT molecular complexity index is 1100. The minimum absolute atomic E-state index is 0.198. The fraction of sp³-hybridized carbons (Fsp3) is 0.375. The minimum atomic E-state index is -1.36. The van der Waals surface area contributed by atoms with Crippen LogP contribution < -0.4 is 9.64 Å². The molecule has 2 aromatic rings. The van der Waals surface area contributed by atoms with E-state index in [1.807, 2.05) is 43.3 Å². The van der Waals surface area contributed by atoms with Gasteiger partial charge in [-0.1, -0.05) is 30.3 Å². The Balaban J connectivity index is 1.69. The van der Waals surface area contributed by atoms with Crippen LogP contribution >= 0.6 is 0 Å². The third kappa shape index (κ3) is 2.55. The molecule has 160 valence electrons. The largest absolute Gasteiger partial charge is 0.493 e. The lowest BCUT2D eigenvalue weighted by molar-refractivity contribution is -0.154. The topological polar surface area (TPSA) is 76.2 Å². The van der Waals surface area contributed by atoms with E-state index < -0.39 is 35.4 Å². The normalized spacial score (nSPS) is 28.7. The summed E-state index contributed by atoms with van der Waals surface area (Å²) in [6.45, 7) is 5.76. The summed E-state index contributed by atoms with van der Waals surface area (Å²) in [5.41, 5.74) is 0.893. The van der Waals surface area contributed by atoms with E-state index in [1.165, 1.54) is 4.90 Å². The Kier molecular flexibility index (Phi) is 4.32. The second-order valence-corrected chi connectivity index (χ2v) is 8.47. The van der Waals surface area contributed by atoms with Crippen LogP contribution in [0.3, 0.4) is 0 Å². The van der Waals surface area contributed by atoms with Crippen LogP contribution in [-0.4, -0.2) is 41.6 Å². The molecule has 2 saturated heterocycles. The summed E-state index contributed by atoms with van der Waals surface area (Å²) < 4.78 is 11.3. The molecule has 2 aromatic carbocycles. The van der Waals surface area contributed by atoms with Gasteiger partial charge in [-0.05, 0) is 44.5 Å². The van der Waals surface area contributed by atoms with Gasteiger partial charge in [0.2, 0.25) is 0 Å². The summed E-state index contributed by atoms with van der Waals surface area (Å²) in [7, 11) is 0. The standard InChI is InChI=1S/C24H24N2O5/c1-4-30-21(27)19-17-13-31-18-11-6-5-10-16(18)20(17)26-23(29)25(22(28)24(19,26)3)15-9-7-8-14(2)12-15/h5-12,17,19-20H,4,13H2,1-3H3/t17-,19+,20-,24+/m1/s1. The van der Waals surface area contributed by atoms with Crippen LogP contribution in [0.5, 0.6) is 5.75 Å². The number of hydrogen-bond donors (Lipinski definition) is 0. The van der Waals surface area contributed by atoms with Crippen molar-refractivity contribution in [1.82, 2.24) is 4.90 Å². The first-order valence-electron chi connectivity index (χ1n) is 10.5. The molecule has 7 nitrogen and oxygen atoms in total. The number of imide groups is 1. The molecule has 0 aliphatic carbocycles. The number of urea groups is 1. The van der Waals surface area contributed by atoms with Gasteiger partial charge < -0.3 is 14.4 Å². The highest BCUT2D eigenvalue weighted by atomic mass is 16.5. The fourth-order valence-corrected chi connectivity index (χ4v) is 5.43. The monoisotopic (exact) mass is 420 g/mol. The average molecular weight is 420 g/mol. The number of carbonyl (C=O) groups is 3. The highest BCUT2D eigenvalue weighted by Crippen LogP contribution is 2.58. The zero-order valence-corrected chi connectivity index (χ0v) is 17.7. The second kappa shape index (κ2) is 6.83. The van der Waals surface area contributed by atoms with Gasteiger partial charge in [-0.2, -0.15) is 0 Å². The second-order valence-electron chi connectivity index (χ2n) is 8.47. The van der Waals surface area contributed by atoms with E-state index in [9.17, 15) is 14.4 Å². The van der Waals surface area contributed by atoms with Gasteiger partial charge in [0.1, 0.15) is 11.3 Å². The molecule has 0 N–H and O–H groups in total. The number of carbonyl (C=O) groups excluding carboxylic acids is 3. The van der Waals surface area contributed by atoms with Crippen molar-refractivity contribution in [3.05, 3.63) is 59.7 Å². The van der Waals surface area contributed by atoms with Gasteiger partial charge in [-0.15, -0.1) is 0 Å². The number of amides is 3. The number of para-hydroxylation sites is 1. The Morgan fingerprint density at radius 2 is 1.97 bits per heavy atom. The molecule has 0 spiro atoms. The summed E-state index contributed by atoms with van der Waals surface area (Å²) in [5, 5.41) is 0. The fourth-order valence-electron chi connectivity index (χ4n) is 5.43. The van der Waals surface area contributed by atoms with E-state index in [2.05, 4.69) is 0 Å². The maximum absolute atomic E-state index is 13.8. The summed E-state index contributed by atoms with van der Waals surface area (Å²) in [6.07, 6.45) is 0. The Labute approximate surface area is 180 Å². The number of fused-ring (bicyclic) bond motifs is 5. The number of rotatable bonds is 3. The predicted molar refractivity (Wildman–Crippen MR) is 113 cm³/mol. The molecule has 7 heteroatoms. The molecule has 0 bridgehead atoms. The molecule has 3 aliphatic rings. The van der Waals surface area contributed by atoms with E-state index in [0.717, 1.165) is 11.1 Å². The zero-order chi connectivity index (χ0) is 21.9. The van der Waals surface area contributed by atoms with Gasteiger partial charge in [-0.3, -0.25) is 9.59 Å². The van der Waals surface area contributed by atoms with Crippen molar-refractivity contribution in [2.45, 2.75) is 32.4 Å². The first-order chi connectivity index (χ1) is 14.9. The SMILES string of the molecule is CCOC(=O)[C@@H]1[C@H]2COc3ccccc3[C@H]2N2C(=O)N(c3cccc(C)c3)C(=O)[C@]12C. The Morgan fingerprint density at radius 3 is 2.71 bits per heavy atom. The van der Waals surface area contributed by atoms with E-state index >= 15 is 0 Å². The number of hydrogen-bond acceptors (Lipinski definition) is 5. The first-order valence-corrected chi connectivity index (χ1v) is 10.5. The molecule has 3 aliphatic heterocycles. The van der Waals surface area contributed by atoms with Crippen molar-refractivity contribution < 1.29 is 23.9 Å². The summed E-state index contributed by atoms with van der Waals surface area (Å²) >= 11 is 0. The molecule has 3 amide bonds. The summed E-state index contributed by atoms with van der Waals surface area (Å²) in [5.74, 6) is -1.40. The zero-order valence-electron chi connectivity index (χ0n) is 17.7. The number of benzene rings is 2. The van der Waals surface area contributed by atoms with Crippen LogP contribution in [0.2, 0.25) is 0 Å². The number of anilines is 1. The highest BCUT2D eigenvalue weighted by molar-refractivity contribution is 6.24. The highest BCUT2D eigenvalue weighted by Gasteiger charge is 2.72. The van der Waals surface area contributed by atoms with Gasteiger partial charge >= 0.3 is 12.0 Å². The summed E-state index contributed by atoms with van der Waals surface area (Å²) in [6, 6.07) is 13.9. The smallest absolute Gasteiger partial charge is 0.332 e. The maximum atomic E-state index is 13.8. The Hall–Kier alpha value is -3.35. The molecule has 4 atom stereocenters. The molecule has 0 saturated carbocycles. The van der Waals surface area contributed by atoms with Gasteiger partial charge in [0.15, 0.2) is 0 Å². The van der Waals surface area contributed by atoms with Crippen molar-refractivity contribution >= 4 is 23.6 Å². The molecule has 5 rings (SSSR count). The Morgan fingerprint density at radius 1 is 1.19 bits per heavy atom. The molecule has 0 unspecified atom stereocenters. The van der Waals surface area contributed by atoms with E-state index in [0.29, 0.717) is 11.4 Å². The van der Waals surface area contributed by atoms with E-state index in [1.54, 1.807) is 30.9 Å². The van der Waals surface area contributed by atoms with Gasteiger partial charge in [-0.25, -0.2) is 9.69 Å². The van der Waals surface area contributed by atoms with Gasteiger partial charge in [0, 0.05) is 11.5 Å². The van der Waals surface area contributed by atoms with E-state index in [-0.39, 0.29) is 19.1 Å². The third-order valence-electron chi connectivity index (χ3n) is 6.72. The van der Waals surface area contributed by atoms with Crippen molar-refractivity contribution in [3.63, 3.8) is 0 Å². The lowest BCUT2D eigenvalue weighted by Crippen LogP contribution is -2.51. The molecular weight excluding hydrogens is 396 g/mol. The quantitative estimate of drug-likeness (QED) is 0.561. The van der Waals surface area contributed by atoms with E-state index in [4.69, 9.17) is 9.47 Å². The van der Waals surface area contributed by atoms with Crippen LogP contribution in [0.1, 0.15) is 31.0 Å². The number of ether oxygens (including phenoxy) is 2. The van der Waals surface area contributed by atoms with Crippen LogP contribution in [0.25, 0.3) is 0 Å². The van der Waals surface area contributed by atoms with Crippen molar-refractivity contribution in [1.29, 1.82) is 0 Å². The van der Waals surface area contributed by atoms with Crippen LogP contribution in [-0.2, 0) is 14.3 Å². The van der Waals surface area contributed by atoms with Crippen LogP contribution in [0.15, 0.2) is 48.5 Å². The molecule has 0 aromatic heterocycles. The minimum Gasteiger partial charge on any atom is -0.493 e. The first kappa shape index (κ1) is 19.6. The molecule has 2 fully saturated rings. The molecular formula is C24H24N2O5. The lowest BCUT2D eigenvalue weighted by Gasteiger charge is -2.34. The van der Waals surface area contributed by atoms with Gasteiger partial charge in [0.25, 0.3) is 5.91 Å². The van der Waals surface area contributed by atoms with Crippen molar-refractivity contribution in [2.24, 2.45) is 11.8 Å². The maximum Gasteiger partial charge on any atom is 0.332 e.